The predicted molar refractivity (Wildman–Crippen MR) is 111 cm³/mol. The second kappa shape index (κ2) is 9.30. The average Bonchev–Trinajstić information content (AvgIpc) is 3.00. The topological polar surface area (TPSA) is 50.8 Å². The molecule has 28 heavy (non-hydrogen) atoms. The number of rotatable bonds is 8. The summed E-state index contributed by atoms with van der Waals surface area (Å²) >= 11 is 5.91. The van der Waals surface area contributed by atoms with Crippen LogP contribution in [0.25, 0.3) is 0 Å². The molecule has 2 aromatic carbocycles. The molecule has 0 aromatic heterocycles. The third kappa shape index (κ3) is 5.40. The van der Waals surface area contributed by atoms with E-state index in [1.807, 2.05) is 55.3 Å². The van der Waals surface area contributed by atoms with E-state index in [0.29, 0.717) is 31.3 Å². The van der Waals surface area contributed by atoms with Gasteiger partial charge in [0.2, 0.25) is 5.91 Å². The van der Waals surface area contributed by atoms with E-state index in [2.05, 4.69) is 12.2 Å². The number of carbonyl (C=O) groups excluding carboxylic acids is 1. The van der Waals surface area contributed by atoms with Crippen molar-refractivity contribution in [3.8, 4) is 11.5 Å². The summed E-state index contributed by atoms with van der Waals surface area (Å²) in [5, 5.41) is 3.70. The van der Waals surface area contributed by atoms with E-state index < -0.39 is 0 Å². The highest BCUT2D eigenvalue weighted by Gasteiger charge is 2.22. The van der Waals surface area contributed by atoms with Gasteiger partial charge in [-0.25, -0.2) is 0 Å². The molecule has 0 saturated heterocycles. The lowest BCUT2D eigenvalue weighted by Crippen LogP contribution is -2.34. The predicted octanol–water partition coefficient (Wildman–Crippen LogP) is 3.81. The molecule has 0 bridgehead atoms. The van der Waals surface area contributed by atoms with Gasteiger partial charge in [-0.05, 0) is 50.7 Å². The molecule has 1 amide bonds. The van der Waals surface area contributed by atoms with Crippen LogP contribution in [-0.2, 0) is 24.3 Å². The second-order valence-corrected chi connectivity index (χ2v) is 7.65. The molecule has 150 valence electrons. The van der Waals surface area contributed by atoms with Gasteiger partial charge in [0.1, 0.15) is 17.6 Å². The lowest BCUT2D eigenvalue weighted by atomic mass is 10.1. The maximum atomic E-state index is 12.4. The zero-order valence-electron chi connectivity index (χ0n) is 16.6. The Morgan fingerprint density at radius 2 is 2.07 bits per heavy atom. The standard InChI is InChI=1S/C22H27ClN2O3/c1-4-27-20-10-17-9-15(2)28-21(17)11-18(20)12-24-22(26)14-25(3)13-16-5-7-19(23)8-6-16/h5-8,10-11,15H,4,9,12-14H2,1-3H3,(H,24,26)/t15-/m1/s1. The summed E-state index contributed by atoms with van der Waals surface area (Å²) in [6, 6.07) is 11.7. The summed E-state index contributed by atoms with van der Waals surface area (Å²) in [7, 11) is 1.92. The molecule has 0 fully saturated rings. The van der Waals surface area contributed by atoms with Gasteiger partial charge < -0.3 is 14.8 Å². The lowest BCUT2D eigenvalue weighted by molar-refractivity contribution is -0.122. The van der Waals surface area contributed by atoms with Gasteiger partial charge in [-0.1, -0.05) is 23.7 Å². The van der Waals surface area contributed by atoms with Crippen molar-refractivity contribution in [2.45, 2.75) is 39.5 Å². The van der Waals surface area contributed by atoms with Gasteiger partial charge >= 0.3 is 0 Å². The van der Waals surface area contributed by atoms with Crippen LogP contribution in [0.2, 0.25) is 5.02 Å². The van der Waals surface area contributed by atoms with Crippen LogP contribution in [-0.4, -0.2) is 37.1 Å². The maximum Gasteiger partial charge on any atom is 0.234 e. The van der Waals surface area contributed by atoms with Gasteiger partial charge in [-0.3, -0.25) is 9.69 Å². The van der Waals surface area contributed by atoms with E-state index in [1.165, 1.54) is 0 Å². The fraction of sp³-hybridized carbons (Fsp3) is 0.409. The fourth-order valence-electron chi connectivity index (χ4n) is 3.36. The maximum absolute atomic E-state index is 12.4. The Labute approximate surface area is 171 Å². The van der Waals surface area contributed by atoms with Crippen molar-refractivity contribution in [2.75, 3.05) is 20.2 Å². The zero-order chi connectivity index (χ0) is 20.1. The van der Waals surface area contributed by atoms with Crippen molar-refractivity contribution in [1.29, 1.82) is 0 Å². The Hall–Kier alpha value is -2.24. The first-order chi connectivity index (χ1) is 13.4. The van der Waals surface area contributed by atoms with Crippen LogP contribution < -0.4 is 14.8 Å². The third-order valence-electron chi connectivity index (χ3n) is 4.63. The number of nitrogens with one attached hydrogen (secondary N) is 1. The minimum Gasteiger partial charge on any atom is -0.494 e. The summed E-state index contributed by atoms with van der Waals surface area (Å²) in [6.07, 6.45) is 1.06. The highest BCUT2D eigenvalue weighted by Crippen LogP contribution is 2.35. The molecule has 0 unspecified atom stereocenters. The molecule has 0 aliphatic carbocycles. The molecule has 1 aliphatic rings. The first kappa shape index (κ1) is 20.5. The molecule has 1 heterocycles. The van der Waals surface area contributed by atoms with E-state index in [-0.39, 0.29) is 12.0 Å². The molecule has 1 atom stereocenters. The summed E-state index contributed by atoms with van der Waals surface area (Å²) in [5.74, 6) is 1.67. The molecule has 6 heteroatoms. The van der Waals surface area contributed by atoms with Gasteiger partial charge in [0.25, 0.3) is 0 Å². The first-order valence-electron chi connectivity index (χ1n) is 9.59. The largest absolute Gasteiger partial charge is 0.494 e. The van der Waals surface area contributed by atoms with Gasteiger partial charge in [-0.2, -0.15) is 0 Å². The molecule has 1 aliphatic heterocycles. The molecule has 5 nitrogen and oxygen atoms in total. The highest BCUT2D eigenvalue weighted by atomic mass is 35.5. The zero-order valence-corrected chi connectivity index (χ0v) is 17.4. The number of benzene rings is 2. The lowest BCUT2D eigenvalue weighted by Gasteiger charge is -2.17. The van der Waals surface area contributed by atoms with E-state index in [1.54, 1.807) is 0 Å². The molecule has 1 N–H and O–H groups in total. The van der Waals surface area contributed by atoms with Crippen molar-refractivity contribution in [1.82, 2.24) is 10.2 Å². The minimum atomic E-state index is -0.0336. The van der Waals surface area contributed by atoms with Gasteiger partial charge in [-0.15, -0.1) is 0 Å². The van der Waals surface area contributed by atoms with Crippen molar-refractivity contribution in [3.63, 3.8) is 0 Å². The van der Waals surface area contributed by atoms with E-state index >= 15 is 0 Å². The summed E-state index contributed by atoms with van der Waals surface area (Å²) < 4.78 is 11.6. The number of carbonyl (C=O) groups is 1. The highest BCUT2D eigenvalue weighted by molar-refractivity contribution is 6.30. The SMILES string of the molecule is CCOc1cc2c(cc1CNC(=O)CN(C)Cc1ccc(Cl)cc1)O[C@H](C)C2. The smallest absolute Gasteiger partial charge is 0.234 e. The normalized spacial score (nSPS) is 15.2. The van der Waals surface area contributed by atoms with E-state index in [0.717, 1.165) is 34.6 Å². The molecule has 0 spiro atoms. The minimum absolute atomic E-state index is 0.0336. The van der Waals surface area contributed by atoms with Gasteiger partial charge in [0.15, 0.2) is 0 Å². The van der Waals surface area contributed by atoms with Crippen LogP contribution in [0.15, 0.2) is 36.4 Å². The molecule has 2 aromatic rings. The van der Waals surface area contributed by atoms with E-state index in [4.69, 9.17) is 21.1 Å². The van der Waals surface area contributed by atoms with Crippen molar-refractivity contribution >= 4 is 17.5 Å². The van der Waals surface area contributed by atoms with E-state index in [9.17, 15) is 4.79 Å². The number of nitrogens with zero attached hydrogens (tertiary/aromatic N) is 1. The molecule has 0 saturated carbocycles. The molecule has 0 radical (unpaired) electrons. The molecule has 3 rings (SSSR count). The van der Waals surface area contributed by atoms with Crippen LogP contribution >= 0.6 is 11.6 Å². The third-order valence-corrected chi connectivity index (χ3v) is 4.89. The van der Waals surface area contributed by atoms with Crippen LogP contribution in [0.4, 0.5) is 0 Å². The van der Waals surface area contributed by atoms with Crippen molar-refractivity contribution in [3.05, 3.63) is 58.1 Å². The Morgan fingerprint density at radius 3 is 2.79 bits per heavy atom. The van der Waals surface area contributed by atoms with Gasteiger partial charge in [0, 0.05) is 35.7 Å². The molecular weight excluding hydrogens is 376 g/mol. The Balaban J connectivity index is 1.56. The Morgan fingerprint density at radius 1 is 1.32 bits per heavy atom. The number of halogens is 1. The van der Waals surface area contributed by atoms with Crippen LogP contribution in [0, 0.1) is 0 Å². The summed E-state index contributed by atoms with van der Waals surface area (Å²) in [5.41, 5.74) is 3.21. The number of fused-ring (bicyclic) bond motifs is 1. The number of hydrogen-bond acceptors (Lipinski definition) is 4. The summed E-state index contributed by atoms with van der Waals surface area (Å²) in [4.78, 5) is 14.3. The number of likely N-dealkylation sites (N-methyl/N-ethyl adjacent to an activating group) is 1. The second-order valence-electron chi connectivity index (χ2n) is 7.21. The number of amides is 1. The fourth-order valence-corrected chi connectivity index (χ4v) is 3.49. The first-order valence-corrected chi connectivity index (χ1v) is 9.97. The van der Waals surface area contributed by atoms with Crippen LogP contribution in [0.3, 0.4) is 0 Å². The van der Waals surface area contributed by atoms with Gasteiger partial charge in [0.05, 0.1) is 13.2 Å². The van der Waals surface area contributed by atoms with Crippen LogP contribution in [0.1, 0.15) is 30.5 Å². The summed E-state index contributed by atoms with van der Waals surface area (Å²) in [6.45, 7) is 6.00. The number of ether oxygens (including phenoxy) is 2. The monoisotopic (exact) mass is 402 g/mol. The van der Waals surface area contributed by atoms with Crippen molar-refractivity contribution in [2.24, 2.45) is 0 Å². The Bertz CT molecular complexity index is 823. The van der Waals surface area contributed by atoms with Crippen molar-refractivity contribution < 1.29 is 14.3 Å². The Kier molecular flexibility index (Phi) is 6.81. The van der Waals surface area contributed by atoms with Crippen LogP contribution in [0.5, 0.6) is 11.5 Å². The number of hydrogen-bond donors (Lipinski definition) is 1. The average molecular weight is 403 g/mol. The molecular formula is C22H27ClN2O3. The quantitative estimate of drug-likeness (QED) is 0.729.